The molecule has 0 spiro atoms. The van der Waals surface area contributed by atoms with Gasteiger partial charge in [0.1, 0.15) is 0 Å². The SMILES string of the molecule is COc1cc(Nc2nc(Nc3ccc(NC(C)=O)cc3)c3ncn(CCN4CCCC4=O)c3n2)cc(OC)c1OC. The topological polar surface area (TPSA) is 145 Å². The lowest BCUT2D eigenvalue weighted by Crippen LogP contribution is -2.28. The number of methoxy groups -OCH3 is 3. The first-order chi connectivity index (χ1) is 19.9. The minimum Gasteiger partial charge on any atom is -0.493 e. The summed E-state index contributed by atoms with van der Waals surface area (Å²) < 4.78 is 18.3. The van der Waals surface area contributed by atoms with Gasteiger partial charge < -0.3 is 39.6 Å². The standard InChI is InChI=1S/C28H32N8O5/c1-17(37)30-18-7-9-19(10-8-18)31-26-24-27(36(16-29-24)13-12-35-11-5-6-23(35)38)34-28(33-26)32-20-14-21(39-2)25(41-4)22(15-20)40-3/h7-10,14-16H,5-6,11-13H2,1-4H3,(H,30,37)(H2,31,32,33,34). The number of carbonyl (C=O) groups is 2. The molecule has 5 rings (SSSR count). The molecule has 3 N–H and O–H groups in total. The fourth-order valence-electron chi connectivity index (χ4n) is 4.68. The van der Waals surface area contributed by atoms with Crippen LogP contribution in [-0.4, -0.2) is 70.7 Å². The number of nitrogens with zero attached hydrogens (tertiary/aromatic N) is 5. The Kier molecular flexibility index (Phi) is 8.04. The number of hydrogen-bond acceptors (Lipinski definition) is 10. The molecule has 0 bridgehead atoms. The van der Waals surface area contributed by atoms with Gasteiger partial charge in [0.2, 0.25) is 23.5 Å². The molecule has 2 aromatic heterocycles. The maximum atomic E-state index is 12.1. The molecule has 13 heteroatoms. The third-order valence-corrected chi connectivity index (χ3v) is 6.63. The highest BCUT2D eigenvalue weighted by Crippen LogP contribution is 2.40. The second-order valence-electron chi connectivity index (χ2n) is 9.41. The number of carbonyl (C=O) groups excluding carboxylic acids is 2. The Labute approximate surface area is 236 Å². The van der Waals surface area contributed by atoms with Crippen molar-refractivity contribution in [3.63, 3.8) is 0 Å². The number of imidazole rings is 1. The summed E-state index contributed by atoms with van der Waals surface area (Å²) in [5.41, 5.74) is 3.22. The van der Waals surface area contributed by atoms with Crippen LogP contribution < -0.4 is 30.2 Å². The molecule has 0 radical (unpaired) electrons. The maximum absolute atomic E-state index is 12.1. The maximum Gasteiger partial charge on any atom is 0.231 e. The average Bonchev–Trinajstić information content (AvgIpc) is 3.57. The van der Waals surface area contributed by atoms with Gasteiger partial charge in [-0.3, -0.25) is 9.59 Å². The summed E-state index contributed by atoms with van der Waals surface area (Å²) in [4.78, 5) is 39.5. The predicted octanol–water partition coefficient (Wildman–Crippen LogP) is 3.92. The third-order valence-electron chi connectivity index (χ3n) is 6.63. The van der Waals surface area contributed by atoms with Gasteiger partial charge in [-0.2, -0.15) is 9.97 Å². The van der Waals surface area contributed by atoms with Crippen LogP contribution in [0.25, 0.3) is 11.2 Å². The van der Waals surface area contributed by atoms with Crippen LogP contribution in [-0.2, 0) is 16.1 Å². The average molecular weight is 561 g/mol. The second kappa shape index (κ2) is 12.0. The Morgan fingerprint density at radius 2 is 1.63 bits per heavy atom. The second-order valence-corrected chi connectivity index (χ2v) is 9.41. The molecule has 1 saturated heterocycles. The third kappa shape index (κ3) is 6.08. The number of benzene rings is 2. The van der Waals surface area contributed by atoms with Gasteiger partial charge in [-0.1, -0.05) is 0 Å². The van der Waals surface area contributed by atoms with Crippen LogP contribution >= 0.6 is 0 Å². The number of ether oxygens (including phenoxy) is 3. The smallest absolute Gasteiger partial charge is 0.231 e. The van der Waals surface area contributed by atoms with Crippen molar-refractivity contribution < 1.29 is 23.8 Å². The van der Waals surface area contributed by atoms with Crippen molar-refractivity contribution in [3.05, 3.63) is 42.7 Å². The summed E-state index contributed by atoms with van der Waals surface area (Å²) >= 11 is 0. The van der Waals surface area contributed by atoms with Gasteiger partial charge in [0.25, 0.3) is 0 Å². The van der Waals surface area contributed by atoms with Gasteiger partial charge in [-0.25, -0.2) is 4.98 Å². The molecule has 2 amide bonds. The summed E-state index contributed by atoms with van der Waals surface area (Å²) in [7, 11) is 4.64. The van der Waals surface area contributed by atoms with Crippen LogP contribution in [0, 0.1) is 0 Å². The van der Waals surface area contributed by atoms with Crippen molar-refractivity contribution in [2.24, 2.45) is 0 Å². The van der Waals surface area contributed by atoms with E-state index in [1.165, 1.54) is 6.92 Å². The first-order valence-electron chi connectivity index (χ1n) is 13.1. The predicted molar refractivity (Wildman–Crippen MR) is 155 cm³/mol. The Balaban J connectivity index is 1.50. The quantitative estimate of drug-likeness (QED) is 0.247. The van der Waals surface area contributed by atoms with E-state index < -0.39 is 0 Å². The van der Waals surface area contributed by atoms with E-state index in [9.17, 15) is 9.59 Å². The minimum absolute atomic E-state index is 0.146. The molecule has 2 aromatic carbocycles. The van der Waals surface area contributed by atoms with Crippen molar-refractivity contribution in [1.82, 2.24) is 24.4 Å². The van der Waals surface area contributed by atoms with Gasteiger partial charge in [-0.15, -0.1) is 0 Å². The van der Waals surface area contributed by atoms with E-state index >= 15 is 0 Å². The van der Waals surface area contributed by atoms with Crippen molar-refractivity contribution in [1.29, 1.82) is 0 Å². The van der Waals surface area contributed by atoms with Crippen LogP contribution in [0.2, 0.25) is 0 Å². The molecule has 4 aromatic rings. The van der Waals surface area contributed by atoms with Gasteiger partial charge in [0.15, 0.2) is 28.5 Å². The normalized spacial score (nSPS) is 12.9. The molecule has 0 aliphatic carbocycles. The first-order valence-corrected chi connectivity index (χ1v) is 13.1. The zero-order valence-corrected chi connectivity index (χ0v) is 23.4. The van der Waals surface area contributed by atoms with E-state index in [-0.39, 0.29) is 11.8 Å². The Morgan fingerprint density at radius 3 is 2.24 bits per heavy atom. The van der Waals surface area contributed by atoms with Crippen molar-refractivity contribution in [2.75, 3.05) is 50.4 Å². The van der Waals surface area contributed by atoms with Crippen molar-refractivity contribution in [2.45, 2.75) is 26.3 Å². The molecular weight excluding hydrogens is 528 g/mol. The number of likely N-dealkylation sites (tertiary alicyclic amines) is 1. The largest absolute Gasteiger partial charge is 0.493 e. The van der Waals surface area contributed by atoms with Crippen LogP contribution in [0.4, 0.5) is 28.8 Å². The highest BCUT2D eigenvalue weighted by molar-refractivity contribution is 5.90. The summed E-state index contributed by atoms with van der Waals surface area (Å²) in [6.45, 7) is 3.32. The molecule has 1 aliphatic rings. The van der Waals surface area contributed by atoms with Crippen LogP contribution in [0.1, 0.15) is 19.8 Å². The highest BCUT2D eigenvalue weighted by atomic mass is 16.5. The van der Waals surface area contributed by atoms with E-state index in [4.69, 9.17) is 24.2 Å². The molecule has 1 aliphatic heterocycles. The zero-order chi connectivity index (χ0) is 28.9. The molecule has 3 heterocycles. The van der Waals surface area contributed by atoms with Gasteiger partial charge >= 0.3 is 0 Å². The molecule has 1 fully saturated rings. The monoisotopic (exact) mass is 560 g/mol. The lowest BCUT2D eigenvalue weighted by Gasteiger charge is -2.16. The van der Waals surface area contributed by atoms with E-state index in [0.29, 0.717) is 71.1 Å². The van der Waals surface area contributed by atoms with Crippen molar-refractivity contribution in [3.8, 4) is 17.2 Å². The lowest BCUT2D eigenvalue weighted by molar-refractivity contribution is -0.127. The fourth-order valence-corrected chi connectivity index (χ4v) is 4.68. The summed E-state index contributed by atoms with van der Waals surface area (Å²) in [5.74, 6) is 2.24. The lowest BCUT2D eigenvalue weighted by atomic mass is 10.2. The fraction of sp³-hybridized carbons (Fsp3) is 0.321. The van der Waals surface area contributed by atoms with Crippen LogP contribution in [0.3, 0.4) is 0 Å². The number of rotatable bonds is 11. The number of hydrogen-bond donors (Lipinski definition) is 3. The van der Waals surface area contributed by atoms with Crippen molar-refractivity contribution >= 4 is 51.8 Å². The molecule has 0 saturated carbocycles. The summed E-state index contributed by atoms with van der Waals surface area (Å²) in [5, 5.41) is 9.32. The molecule has 0 unspecified atom stereocenters. The van der Waals surface area contributed by atoms with Gasteiger partial charge in [0.05, 0.1) is 27.7 Å². The Hall–Kier alpha value is -5.07. The minimum atomic E-state index is -0.146. The Bertz CT molecular complexity index is 1540. The van der Waals surface area contributed by atoms with E-state index in [2.05, 4.69) is 20.9 Å². The molecule has 13 nitrogen and oxygen atoms in total. The number of anilines is 5. The van der Waals surface area contributed by atoms with E-state index in [1.807, 2.05) is 21.6 Å². The molecule has 0 atom stereocenters. The molecule has 214 valence electrons. The van der Waals surface area contributed by atoms with Gasteiger partial charge in [-0.05, 0) is 30.7 Å². The molecule has 41 heavy (non-hydrogen) atoms. The van der Waals surface area contributed by atoms with Crippen LogP contribution in [0.15, 0.2) is 42.7 Å². The summed E-state index contributed by atoms with van der Waals surface area (Å²) in [6.07, 6.45) is 3.17. The van der Waals surface area contributed by atoms with E-state index in [1.54, 1.807) is 51.9 Å². The number of aromatic nitrogens is 4. The zero-order valence-electron chi connectivity index (χ0n) is 23.4. The number of nitrogens with one attached hydrogen (secondary N) is 3. The number of amides is 2. The summed E-state index contributed by atoms with van der Waals surface area (Å²) in [6, 6.07) is 10.8. The first kappa shape index (κ1) is 27.5. The van der Waals surface area contributed by atoms with E-state index in [0.717, 1.165) is 18.7 Å². The Morgan fingerprint density at radius 1 is 0.927 bits per heavy atom. The van der Waals surface area contributed by atoms with Gasteiger partial charge in [0, 0.05) is 62.2 Å². The molecular formula is C28H32N8O5. The van der Waals surface area contributed by atoms with Crippen LogP contribution in [0.5, 0.6) is 17.2 Å². The highest BCUT2D eigenvalue weighted by Gasteiger charge is 2.21. The number of fused-ring (bicyclic) bond motifs is 1.